The molecule has 0 radical (unpaired) electrons. The Morgan fingerprint density at radius 2 is 1.86 bits per heavy atom. The minimum atomic E-state index is -2.84. The van der Waals surface area contributed by atoms with Crippen molar-refractivity contribution in [2.75, 3.05) is 11.2 Å². The van der Waals surface area contributed by atoms with Gasteiger partial charge in [-0.2, -0.15) is 8.78 Å². The number of hydrogen-bond acceptors (Lipinski definition) is 5. The van der Waals surface area contributed by atoms with Crippen molar-refractivity contribution in [3.8, 4) is 17.1 Å². The van der Waals surface area contributed by atoms with Crippen LogP contribution in [0.4, 0.5) is 8.78 Å². The summed E-state index contributed by atoms with van der Waals surface area (Å²) in [5, 5.41) is 9.79. The number of nitrogens with two attached hydrogens (primary N) is 1. The Labute approximate surface area is 132 Å². The van der Waals surface area contributed by atoms with Gasteiger partial charge in [-0.15, -0.1) is 10.2 Å². The van der Waals surface area contributed by atoms with Gasteiger partial charge in [0.1, 0.15) is 5.75 Å². The van der Waals surface area contributed by atoms with Gasteiger partial charge in [0, 0.05) is 5.56 Å². The molecule has 0 saturated carbocycles. The molecule has 0 spiro atoms. The Kier molecular flexibility index (Phi) is 5.07. The van der Waals surface area contributed by atoms with E-state index in [9.17, 15) is 8.78 Å². The molecule has 0 fully saturated rings. The van der Waals surface area contributed by atoms with Crippen LogP contribution in [0.2, 0.25) is 19.6 Å². The van der Waals surface area contributed by atoms with Gasteiger partial charge in [-0.1, -0.05) is 31.4 Å². The van der Waals surface area contributed by atoms with Crippen molar-refractivity contribution < 1.29 is 13.5 Å². The van der Waals surface area contributed by atoms with E-state index in [0.717, 1.165) is 5.38 Å². The third-order valence-electron chi connectivity index (χ3n) is 2.64. The molecule has 0 aliphatic heterocycles. The Morgan fingerprint density at radius 3 is 2.41 bits per heavy atom. The highest BCUT2D eigenvalue weighted by Gasteiger charge is 2.18. The average molecular weight is 344 g/mol. The smallest absolute Gasteiger partial charge is 0.387 e. The fourth-order valence-corrected chi connectivity index (χ4v) is 4.21. The summed E-state index contributed by atoms with van der Waals surface area (Å²) in [7, 11) is -1.22. The van der Waals surface area contributed by atoms with E-state index in [1.165, 1.54) is 16.8 Å². The zero-order chi connectivity index (χ0) is 16.3. The van der Waals surface area contributed by atoms with Crippen molar-refractivity contribution in [2.24, 2.45) is 0 Å². The molecule has 0 aliphatic rings. The third-order valence-corrected chi connectivity index (χ3v) is 7.21. The minimum Gasteiger partial charge on any atom is -0.435 e. The number of halogens is 2. The lowest BCUT2D eigenvalue weighted by molar-refractivity contribution is -0.0498. The molecule has 2 rings (SSSR count). The number of nitrogen functional groups attached to an aromatic ring is 1. The summed E-state index contributed by atoms with van der Waals surface area (Å²) in [4.78, 5) is 0. The number of aromatic nitrogens is 3. The van der Waals surface area contributed by atoms with Gasteiger partial charge < -0.3 is 10.6 Å². The summed E-state index contributed by atoms with van der Waals surface area (Å²) in [5.74, 6) is 6.60. The van der Waals surface area contributed by atoms with Crippen molar-refractivity contribution in [3.05, 3.63) is 24.3 Å². The van der Waals surface area contributed by atoms with Gasteiger partial charge in [0.25, 0.3) is 0 Å². The molecule has 0 bridgehead atoms. The van der Waals surface area contributed by atoms with E-state index in [-0.39, 0.29) is 5.75 Å². The molecule has 5 nitrogen and oxygen atoms in total. The molecule has 1 heterocycles. The van der Waals surface area contributed by atoms with Gasteiger partial charge in [0.05, 0.1) is 8.07 Å². The number of benzene rings is 1. The van der Waals surface area contributed by atoms with Crippen LogP contribution in [0, 0.1) is 0 Å². The summed E-state index contributed by atoms with van der Waals surface area (Å²) in [6.45, 7) is 3.95. The van der Waals surface area contributed by atoms with Crippen LogP contribution in [0.5, 0.6) is 5.75 Å². The SMILES string of the molecule is C[Si](C)(C)CSc1nnc(-c2ccc(OC(F)F)cc2)n1N. The quantitative estimate of drug-likeness (QED) is 0.495. The number of rotatable bonds is 6. The zero-order valence-corrected chi connectivity index (χ0v) is 14.4. The molecule has 2 N–H and O–H groups in total. The van der Waals surface area contributed by atoms with Gasteiger partial charge in [-0.3, -0.25) is 0 Å². The maximum atomic E-state index is 12.1. The molecular formula is C13H18F2N4OSSi. The summed E-state index contributed by atoms with van der Waals surface area (Å²) in [6, 6.07) is 6.15. The first-order valence-electron chi connectivity index (χ1n) is 6.65. The van der Waals surface area contributed by atoms with Crippen molar-refractivity contribution >= 4 is 19.8 Å². The first-order valence-corrected chi connectivity index (χ1v) is 11.3. The molecule has 1 aromatic heterocycles. The maximum absolute atomic E-state index is 12.1. The lowest BCUT2D eigenvalue weighted by Crippen LogP contribution is -2.24. The van der Waals surface area contributed by atoms with Gasteiger partial charge in [0.15, 0.2) is 5.82 Å². The number of hydrogen-bond donors (Lipinski definition) is 1. The number of nitrogens with zero attached hydrogens (tertiary/aromatic N) is 3. The molecule has 2 aromatic rings. The second-order valence-electron chi connectivity index (χ2n) is 5.93. The predicted molar refractivity (Wildman–Crippen MR) is 86.3 cm³/mol. The monoisotopic (exact) mass is 344 g/mol. The number of ether oxygens (including phenoxy) is 1. The molecule has 0 amide bonds. The highest BCUT2D eigenvalue weighted by atomic mass is 32.2. The van der Waals surface area contributed by atoms with E-state index >= 15 is 0 Å². The zero-order valence-electron chi connectivity index (χ0n) is 12.6. The van der Waals surface area contributed by atoms with E-state index in [1.807, 2.05) is 0 Å². The molecule has 1 aromatic carbocycles. The van der Waals surface area contributed by atoms with Crippen LogP contribution in [0.15, 0.2) is 29.4 Å². The fourth-order valence-electron chi connectivity index (χ4n) is 1.64. The molecule has 120 valence electrons. The molecule has 0 aliphatic carbocycles. The fraction of sp³-hybridized carbons (Fsp3) is 0.385. The predicted octanol–water partition coefficient (Wildman–Crippen LogP) is 3.23. The van der Waals surface area contributed by atoms with Crippen LogP contribution >= 0.6 is 11.8 Å². The third kappa shape index (κ3) is 4.44. The van der Waals surface area contributed by atoms with Crippen molar-refractivity contribution in [1.82, 2.24) is 14.9 Å². The van der Waals surface area contributed by atoms with Crippen molar-refractivity contribution in [3.63, 3.8) is 0 Å². The molecule has 0 unspecified atom stereocenters. The van der Waals surface area contributed by atoms with E-state index in [1.54, 1.807) is 23.9 Å². The Morgan fingerprint density at radius 1 is 1.23 bits per heavy atom. The molecule has 0 saturated heterocycles. The van der Waals surface area contributed by atoms with Crippen molar-refractivity contribution in [2.45, 2.75) is 31.4 Å². The van der Waals surface area contributed by atoms with E-state index < -0.39 is 14.7 Å². The summed E-state index contributed by atoms with van der Waals surface area (Å²) in [6.07, 6.45) is 0. The number of alkyl halides is 2. The molecule has 22 heavy (non-hydrogen) atoms. The largest absolute Gasteiger partial charge is 0.435 e. The van der Waals surface area contributed by atoms with Crippen LogP contribution < -0.4 is 10.6 Å². The Hall–Kier alpha value is -1.61. The highest BCUT2D eigenvalue weighted by molar-refractivity contribution is 8.00. The van der Waals surface area contributed by atoms with Crippen LogP contribution in [0.3, 0.4) is 0 Å². The standard InChI is InChI=1S/C13H18F2N4OSSi/c1-22(2,3)8-21-13-18-17-11(19(13)16)9-4-6-10(7-5-9)20-12(14)15/h4-7,12H,8,16H2,1-3H3. The average Bonchev–Trinajstić information content (AvgIpc) is 2.77. The van der Waals surface area contributed by atoms with Crippen LogP contribution in [0.1, 0.15) is 0 Å². The first-order chi connectivity index (χ1) is 10.3. The summed E-state index contributed by atoms with van der Waals surface area (Å²) < 4.78 is 30.0. The Balaban J connectivity index is 2.14. The molecule has 9 heteroatoms. The lowest BCUT2D eigenvalue weighted by atomic mass is 10.2. The van der Waals surface area contributed by atoms with Gasteiger partial charge >= 0.3 is 6.61 Å². The minimum absolute atomic E-state index is 0.0927. The second-order valence-corrected chi connectivity index (χ2v) is 12.9. The lowest BCUT2D eigenvalue weighted by Gasteiger charge is -2.14. The topological polar surface area (TPSA) is 66.0 Å². The highest BCUT2D eigenvalue weighted by Crippen LogP contribution is 2.25. The summed E-state index contributed by atoms with van der Waals surface area (Å²) >= 11 is 1.58. The Bertz CT molecular complexity index is 628. The van der Waals surface area contributed by atoms with Crippen LogP contribution in [-0.4, -0.2) is 34.9 Å². The van der Waals surface area contributed by atoms with Crippen molar-refractivity contribution in [1.29, 1.82) is 0 Å². The van der Waals surface area contributed by atoms with E-state index in [4.69, 9.17) is 5.84 Å². The van der Waals surface area contributed by atoms with Crippen LogP contribution in [0.25, 0.3) is 11.4 Å². The van der Waals surface area contributed by atoms with Gasteiger partial charge in [-0.05, 0) is 29.6 Å². The number of thioether (sulfide) groups is 1. The maximum Gasteiger partial charge on any atom is 0.387 e. The van der Waals surface area contributed by atoms with Crippen LogP contribution in [-0.2, 0) is 0 Å². The van der Waals surface area contributed by atoms with E-state index in [2.05, 4.69) is 34.6 Å². The van der Waals surface area contributed by atoms with E-state index in [0.29, 0.717) is 16.5 Å². The van der Waals surface area contributed by atoms with Gasteiger partial charge in [0.2, 0.25) is 5.16 Å². The first kappa shape index (κ1) is 16.8. The normalized spacial score (nSPS) is 11.9. The van der Waals surface area contributed by atoms with Gasteiger partial charge in [-0.25, -0.2) is 4.68 Å². The summed E-state index contributed by atoms with van der Waals surface area (Å²) in [5.41, 5.74) is 0.691. The molecular weight excluding hydrogens is 326 g/mol. The molecule has 0 atom stereocenters. The second kappa shape index (κ2) is 6.65.